The van der Waals surface area contributed by atoms with Crippen LogP contribution in [0.2, 0.25) is 0 Å². The highest BCUT2D eigenvalue weighted by Gasteiger charge is 2.10. The van der Waals surface area contributed by atoms with Crippen molar-refractivity contribution in [3.63, 3.8) is 0 Å². The van der Waals surface area contributed by atoms with E-state index in [1.165, 1.54) is 12.5 Å². The molecule has 4 heteroatoms. The van der Waals surface area contributed by atoms with Crippen LogP contribution in [0.3, 0.4) is 0 Å². The van der Waals surface area contributed by atoms with E-state index in [2.05, 4.69) is 35.5 Å². The molecule has 0 bridgehead atoms. The maximum absolute atomic E-state index is 11.4. The van der Waals surface area contributed by atoms with Gasteiger partial charge in [0.05, 0.1) is 23.1 Å². The van der Waals surface area contributed by atoms with Gasteiger partial charge in [-0.25, -0.2) is 4.68 Å². The maximum Gasteiger partial charge on any atom is 0.221 e. The van der Waals surface area contributed by atoms with Crippen molar-refractivity contribution in [1.82, 2.24) is 9.78 Å². The van der Waals surface area contributed by atoms with Crippen molar-refractivity contribution in [2.75, 3.05) is 5.32 Å². The second-order valence-corrected chi connectivity index (χ2v) is 5.00. The SMILES string of the molecule is CCc1ccc2cnn(-c3ccccc3NC(C)=O)c2c1. The molecule has 2 aromatic carbocycles. The maximum atomic E-state index is 11.4. The number of hydrogen-bond acceptors (Lipinski definition) is 2. The van der Waals surface area contributed by atoms with Gasteiger partial charge in [-0.15, -0.1) is 0 Å². The number of amides is 1. The van der Waals surface area contributed by atoms with Gasteiger partial charge in [0.1, 0.15) is 0 Å². The van der Waals surface area contributed by atoms with Gasteiger partial charge in [-0.05, 0) is 30.2 Å². The largest absolute Gasteiger partial charge is 0.324 e. The molecule has 3 aromatic rings. The Morgan fingerprint density at radius 3 is 2.81 bits per heavy atom. The normalized spacial score (nSPS) is 10.8. The van der Waals surface area contributed by atoms with Crippen LogP contribution < -0.4 is 5.32 Å². The molecule has 0 aliphatic heterocycles. The molecule has 3 rings (SSSR count). The molecule has 0 unspecified atom stereocenters. The van der Waals surface area contributed by atoms with Crippen LogP contribution in [0, 0.1) is 0 Å². The number of aromatic nitrogens is 2. The summed E-state index contributed by atoms with van der Waals surface area (Å²) in [6, 6.07) is 14.0. The van der Waals surface area contributed by atoms with Gasteiger partial charge in [0.15, 0.2) is 0 Å². The summed E-state index contributed by atoms with van der Waals surface area (Å²) >= 11 is 0. The van der Waals surface area contributed by atoms with E-state index in [-0.39, 0.29) is 5.91 Å². The van der Waals surface area contributed by atoms with E-state index in [1.807, 2.05) is 35.1 Å². The lowest BCUT2D eigenvalue weighted by molar-refractivity contribution is -0.114. The lowest BCUT2D eigenvalue weighted by Crippen LogP contribution is -2.09. The molecular weight excluding hydrogens is 262 g/mol. The fraction of sp³-hybridized carbons (Fsp3) is 0.176. The van der Waals surface area contributed by atoms with Crippen molar-refractivity contribution in [3.8, 4) is 5.69 Å². The predicted molar refractivity (Wildman–Crippen MR) is 84.8 cm³/mol. The summed E-state index contributed by atoms with van der Waals surface area (Å²) in [4.78, 5) is 11.4. The molecule has 0 aliphatic carbocycles. The molecule has 0 saturated carbocycles. The minimum atomic E-state index is -0.0897. The highest BCUT2D eigenvalue weighted by molar-refractivity contribution is 5.92. The zero-order valence-electron chi connectivity index (χ0n) is 12.1. The summed E-state index contributed by atoms with van der Waals surface area (Å²) in [6.45, 7) is 3.64. The molecule has 106 valence electrons. The molecule has 0 saturated heterocycles. The van der Waals surface area contributed by atoms with E-state index >= 15 is 0 Å². The number of hydrogen-bond donors (Lipinski definition) is 1. The van der Waals surface area contributed by atoms with Crippen LogP contribution in [0.25, 0.3) is 16.6 Å². The fourth-order valence-corrected chi connectivity index (χ4v) is 2.43. The van der Waals surface area contributed by atoms with Crippen LogP contribution in [-0.2, 0) is 11.2 Å². The standard InChI is InChI=1S/C17H17N3O/c1-3-13-8-9-14-11-18-20(17(14)10-13)16-7-5-4-6-15(16)19-12(2)21/h4-11H,3H2,1-2H3,(H,19,21). The topological polar surface area (TPSA) is 46.9 Å². The van der Waals surface area contributed by atoms with Crippen molar-refractivity contribution in [2.24, 2.45) is 0 Å². The number of rotatable bonds is 3. The Hall–Kier alpha value is -2.62. The number of fused-ring (bicyclic) bond motifs is 1. The molecule has 0 aliphatic rings. The molecule has 1 N–H and O–H groups in total. The quantitative estimate of drug-likeness (QED) is 0.797. The van der Waals surface area contributed by atoms with Gasteiger partial charge in [0.2, 0.25) is 5.91 Å². The number of benzene rings is 2. The third-order valence-electron chi connectivity index (χ3n) is 3.49. The second kappa shape index (κ2) is 5.40. The van der Waals surface area contributed by atoms with Gasteiger partial charge in [-0.2, -0.15) is 5.10 Å². The third-order valence-corrected chi connectivity index (χ3v) is 3.49. The average Bonchev–Trinajstić information content (AvgIpc) is 2.90. The number of anilines is 1. The van der Waals surface area contributed by atoms with Crippen LogP contribution in [0.5, 0.6) is 0 Å². The van der Waals surface area contributed by atoms with Gasteiger partial charge < -0.3 is 5.32 Å². The van der Waals surface area contributed by atoms with E-state index in [9.17, 15) is 4.79 Å². The Labute approximate surface area is 123 Å². The molecule has 0 fully saturated rings. The Morgan fingerprint density at radius 2 is 2.05 bits per heavy atom. The van der Waals surface area contributed by atoms with Gasteiger partial charge >= 0.3 is 0 Å². The van der Waals surface area contributed by atoms with Gasteiger partial charge in [0, 0.05) is 12.3 Å². The first-order valence-electron chi connectivity index (χ1n) is 7.02. The Balaban J connectivity index is 2.18. The lowest BCUT2D eigenvalue weighted by atomic mass is 10.1. The third kappa shape index (κ3) is 2.52. The number of carbonyl (C=O) groups is 1. The number of para-hydroxylation sites is 2. The average molecular weight is 279 g/mol. The first-order chi connectivity index (χ1) is 10.2. The van der Waals surface area contributed by atoms with Crippen LogP contribution in [0.1, 0.15) is 19.4 Å². The number of nitrogens with one attached hydrogen (secondary N) is 1. The lowest BCUT2D eigenvalue weighted by Gasteiger charge is -2.11. The van der Waals surface area contributed by atoms with Crippen molar-refractivity contribution in [1.29, 1.82) is 0 Å². The minimum absolute atomic E-state index is 0.0897. The summed E-state index contributed by atoms with van der Waals surface area (Å²) in [5.74, 6) is -0.0897. The van der Waals surface area contributed by atoms with Gasteiger partial charge in [-0.1, -0.05) is 31.2 Å². The zero-order valence-corrected chi connectivity index (χ0v) is 12.1. The highest BCUT2D eigenvalue weighted by atomic mass is 16.1. The summed E-state index contributed by atoms with van der Waals surface area (Å²) in [6.07, 6.45) is 2.83. The van der Waals surface area contributed by atoms with Crippen LogP contribution >= 0.6 is 0 Å². The molecule has 0 spiro atoms. The fourth-order valence-electron chi connectivity index (χ4n) is 2.43. The van der Waals surface area contributed by atoms with Crippen molar-refractivity contribution in [3.05, 3.63) is 54.2 Å². The zero-order chi connectivity index (χ0) is 14.8. The van der Waals surface area contributed by atoms with E-state index in [0.717, 1.165) is 28.7 Å². The van der Waals surface area contributed by atoms with E-state index in [1.54, 1.807) is 0 Å². The first-order valence-corrected chi connectivity index (χ1v) is 7.02. The summed E-state index contributed by atoms with van der Waals surface area (Å²) < 4.78 is 1.87. The smallest absolute Gasteiger partial charge is 0.221 e. The minimum Gasteiger partial charge on any atom is -0.324 e. The van der Waals surface area contributed by atoms with Crippen molar-refractivity contribution < 1.29 is 4.79 Å². The molecule has 0 radical (unpaired) electrons. The van der Waals surface area contributed by atoms with Crippen LogP contribution in [0.15, 0.2) is 48.7 Å². The molecule has 0 atom stereocenters. The molecular formula is C17H17N3O. The van der Waals surface area contributed by atoms with Crippen molar-refractivity contribution >= 4 is 22.5 Å². The molecule has 1 heterocycles. The number of aryl methyl sites for hydroxylation is 1. The summed E-state index contributed by atoms with van der Waals surface area (Å²) in [5, 5.41) is 8.42. The number of nitrogens with zero attached hydrogens (tertiary/aromatic N) is 2. The number of carbonyl (C=O) groups excluding carboxylic acids is 1. The van der Waals surface area contributed by atoms with E-state index in [4.69, 9.17) is 0 Å². The second-order valence-electron chi connectivity index (χ2n) is 5.00. The monoisotopic (exact) mass is 279 g/mol. The van der Waals surface area contributed by atoms with E-state index < -0.39 is 0 Å². The van der Waals surface area contributed by atoms with E-state index in [0.29, 0.717) is 0 Å². The summed E-state index contributed by atoms with van der Waals surface area (Å²) in [7, 11) is 0. The Kier molecular flexibility index (Phi) is 3.44. The molecule has 1 aromatic heterocycles. The van der Waals surface area contributed by atoms with Crippen LogP contribution in [0.4, 0.5) is 5.69 Å². The Bertz CT molecular complexity index is 805. The highest BCUT2D eigenvalue weighted by Crippen LogP contribution is 2.25. The van der Waals surface area contributed by atoms with Gasteiger partial charge in [-0.3, -0.25) is 4.79 Å². The van der Waals surface area contributed by atoms with Crippen LogP contribution in [-0.4, -0.2) is 15.7 Å². The van der Waals surface area contributed by atoms with Crippen molar-refractivity contribution in [2.45, 2.75) is 20.3 Å². The molecule has 4 nitrogen and oxygen atoms in total. The predicted octanol–water partition coefficient (Wildman–Crippen LogP) is 3.55. The molecule has 1 amide bonds. The first kappa shape index (κ1) is 13.4. The summed E-state index contributed by atoms with van der Waals surface area (Å²) in [5.41, 5.74) is 3.95. The van der Waals surface area contributed by atoms with Gasteiger partial charge in [0.25, 0.3) is 0 Å². The Morgan fingerprint density at radius 1 is 1.24 bits per heavy atom. The molecule has 21 heavy (non-hydrogen) atoms.